The molecule has 0 aromatic heterocycles. The first kappa shape index (κ1) is 13.8. The molecule has 0 atom stereocenters. The van der Waals surface area contributed by atoms with Gasteiger partial charge in [0.2, 0.25) is 0 Å². The largest absolute Gasteiger partial charge is 0.358 e. The van der Waals surface area contributed by atoms with E-state index in [-0.39, 0.29) is 0 Å². The molecule has 0 N–H and O–H groups in total. The third kappa shape index (κ3) is 1.72. The number of anilines is 1. The van der Waals surface area contributed by atoms with Crippen LogP contribution in [-0.2, 0) is 0 Å². The molecule has 0 amide bonds. The van der Waals surface area contributed by atoms with Crippen molar-refractivity contribution in [2.24, 2.45) is 11.8 Å². The van der Waals surface area contributed by atoms with E-state index in [4.69, 9.17) is 0 Å². The van der Waals surface area contributed by atoms with Crippen LogP contribution in [0, 0.1) is 11.8 Å². The molecule has 24 heavy (non-hydrogen) atoms. The van der Waals surface area contributed by atoms with Crippen LogP contribution >= 0.6 is 0 Å². The van der Waals surface area contributed by atoms with Crippen LogP contribution in [0.25, 0.3) is 0 Å². The molecule has 0 radical (unpaired) electrons. The van der Waals surface area contributed by atoms with Gasteiger partial charge in [-0.3, -0.25) is 0 Å². The molecule has 6 aliphatic carbocycles. The predicted octanol–water partition coefficient (Wildman–Crippen LogP) is 5.18. The molecule has 2 saturated carbocycles. The van der Waals surface area contributed by atoms with Crippen LogP contribution in [0.5, 0.6) is 0 Å². The standard InChI is InChI=1S/C22H28N2/c1-23-13-24(22-17-8-6-16(7-9-17)21(22)23)18-10-11-19-14-2-4-15(5-3-14)20(19)12-18/h10-12,14-17H,2-9,13H2,1H3. The number of rotatable bonds is 1. The fourth-order valence-corrected chi connectivity index (χ4v) is 6.68. The second kappa shape index (κ2) is 4.80. The van der Waals surface area contributed by atoms with Gasteiger partial charge in [0.25, 0.3) is 0 Å². The van der Waals surface area contributed by atoms with Crippen molar-refractivity contribution in [3.05, 3.63) is 40.7 Å². The molecular formula is C22H28N2. The molecule has 8 rings (SSSR count). The molecule has 7 aliphatic rings. The third-order valence-electron chi connectivity index (χ3n) is 7.81. The van der Waals surface area contributed by atoms with Gasteiger partial charge in [-0.15, -0.1) is 0 Å². The lowest BCUT2D eigenvalue weighted by atomic mass is 9.67. The van der Waals surface area contributed by atoms with E-state index >= 15 is 0 Å². The maximum Gasteiger partial charge on any atom is 0.0944 e. The van der Waals surface area contributed by atoms with E-state index in [1.54, 1.807) is 22.5 Å². The molecule has 1 aromatic rings. The van der Waals surface area contributed by atoms with Crippen molar-refractivity contribution in [1.82, 2.24) is 4.90 Å². The summed E-state index contributed by atoms with van der Waals surface area (Å²) in [7, 11) is 2.32. The summed E-state index contributed by atoms with van der Waals surface area (Å²) in [6, 6.07) is 7.50. The smallest absolute Gasteiger partial charge is 0.0944 e. The number of hydrogen-bond acceptors (Lipinski definition) is 2. The second-order valence-electron chi connectivity index (χ2n) is 8.95. The van der Waals surface area contributed by atoms with Crippen molar-refractivity contribution in [2.45, 2.75) is 63.2 Å². The monoisotopic (exact) mass is 320 g/mol. The van der Waals surface area contributed by atoms with Crippen molar-refractivity contribution in [3.63, 3.8) is 0 Å². The Labute approximate surface area is 145 Å². The van der Waals surface area contributed by atoms with Gasteiger partial charge in [0.15, 0.2) is 0 Å². The fraction of sp³-hybridized carbons (Fsp3) is 0.636. The van der Waals surface area contributed by atoms with E-state index in [2.05, 4.69) is 35.0 Å². The van der Waals surface area contributed by atoms with Crippen molar-refractivity contribution >= 4 is 5.69 Å². The number of allylic oxidation sites excluding steroid dienone is 2. The van der Waals surface area contributed by atoms with Crippen LogP contribution in [0.1, 0.15) is 74.3 Å². The molecule has 2 nitrogen and oxygen atoms in total. The molecule has 126 valence electrons. The van der Waals surface area contributed by atoms with Gasteiger partial charge >= 0.3 is 0 Å². The fourth-order valence-electron chi connectivity index (χ4n) is 6.68. The lowest BCUT2D eigenvalue weighted by molar-refractivity contribution is 0.258. The molecule has 2 heteroatoms. The zero-order chi connectivity index (χ0) is 15.8. The van der Waals surface area contributed by atoms with Crippen LogP contribution in [0.3, 0.4) is 0 Å². The van der Waals surface area contributed by atoms with E-state index in [0.29, 0.717) is 0 Å². The quantitative estimate of drug-likeness (QED) is 0.703. The van der Waals surface area contributed by atoms with Crippen molar-refractivity contribution in [1.29, 1.82) is 0 Å². The Bertz CT molecular complexity index is 717. The first-order chi connectivity index (χ1) is 11.8. The summed E-state index contributed by atoms with van der Waals surface area (Å²) in [6.45, 7) is 1.07. The van der Waals surface area contributed by atoms with E-state index in [1.165, 1.54) is 57.1 Å². The van der Waals surface area contributed by atoms with Crippen LogP contribution in [0.4, 0.5) is 5.69 Å². The van der Waals surface area contributed by atoms with E-state index < -0.39 is 0 Å². The minimum absolute atomic E-state index is 0.822. The number of hydrogen-bond donors (Lipinski definition) is 0. The lowest BCUT2D eigenvalue weighted by Crippen LogP contribution is -2.32. The molecule has 0 unspecified atom stereocenters. The second-order valence-corrected chi connectivity index (χ2v) is 8.95. The highest BCUT2D eigenvalue weighted by Gasteiger charge is 2.43. The summed E-state index contributed by atoms with van der Waals surface area (Å²) in [5.41, 5.74) is 8.25. The number of benzene rings is 1. The minimum atomic E-state index is 0.822. The van der Waals surface area contributed by atoms with Crippen molar-refractivity contribution in [3.8, 4) is 0 Å². The molecule has 2 fully saturated rings. The highest BCUT2D eigenvalue weighted by Crippen LogP contribution is 2.53. The summed E-state index contributed by atoms with van der Waals surface area (Å²) >= 11 is 0. The summed E-state index contributed by atoms with van der Waals surface area (Å²) in [5.74, 6) is 3.37. The minimum Gasteiger partial charge on any atom is -0.358 e. The zero-order valence-corrected chi connectivity index (χ0v) is 14.8. The van der Waals surface area contributed by atoms with Gasteiger partial charge in [0, 0.05) is 36.0 Å². The van der Waals surface area contributed by atoms with Crippen molar-refractivity contribution < 1.29 is 0 Å². The number of nitrogens with zero attached hydrogens (tertiary/aromatic N) is 2. The van der Waals surface area contributed by atoms with Gasteiger partial charge in [0.1, 0.15) is 0 Å². The molecule has 1 aliphatic heterocycles. The number of fused-ring (bicyclic) bond motifs is 4. The SMILES string of the molecule is CN1CN(c2ccc3c(c2)C2CCC3CC2)C2=C1C1CCC2CC1. The Morgan fingerprint density at radius 3 is 2.00 bits per heavy atom. The summed E-state index contributed by atoms with van der Waals surface area (Å²) in [5, 5.41) is 0. The average Bonchev–Trinajstić information content (AvgIpc) is 3.03. The molecule has 1 heterocycles. The van der Waals surface area contributed by atoms with Gasteiger partial charge in [-0.1, -0.05) is 6.07 Å². The lowest BCUT2D eigenvalue weighted by Gasteiger charge is -2.41. The molecular weight excluding hydrogens is 292 g/mol. The normalized spacial score (nSPS) is 36.4. The topological polar surface area (TPSA) is 6.48 Å². The van der Waals surface area contributed by atoms with Crippen LogP contribution in [0.15, 0.2) is 29.6 Å². The summed E-state index contributed by atoms with van der Waals surface area (Å²) < 4.78 is 0. The van der Waals surface area contributed by atoms with Crippen molar-refractivity contribution in [2.75, 3.05) is 18.6 Å². The van der Waals surface area contributed by atoms with Crippen LogP contribution < -0.4 is 4.90 Å². The van der Waals surface area contributed by atoms with E-state index in [9.17, 15) is 0 Å². The Kier molecular flexibility index (Phi) is 2.76. The molecule has 0 spiro atoms. The van der Waals surface area contributed by atoms with Gasteiger partial charge in [0.05, 0.1) is 6.67 Å². The molecule has 1 aromatic carbocycles. The van der Waals surface area contributed by atoms with Gasteiger partial charge in [-0.05, 0) is 86.5 Å². The summed E-state index contributed by atoms with van der Waals surface area (Å²) in [6.07, 6.45) is 11.4. The Morgan fingerprint density at radius 2 is 1.29 bits per heavy atom. The van der Waals surface area contributed by atoms with E-state index in [0.717, 1.165) is 30.3 Å². The molecule has 4 bridgehead atoms. The van der Waals surface area contributed by atoms with Gasteiger partial charge in [-0.25, -0.2) is 0 Å². The highest BCUT2D eigenvalue weighted by molar-refractivity contribution is 5.60. The predicted molar refractivity (Wildman–Crippen MR) is 98.0 cm³/mol. The Hall–Kier alpha value is -1.44. The zero-order valence-electron chi connectivity index (χ0n) is 14.8. The maximum atomic E-state index is 2.67. The first-order valence-corrected chi connectivity index (χ1v) is 10.2. The average molecular weight is 320 g/mol. The maximum absolute atomic E-state index is 2.67. The third-order valence-corrected chi connectivity index (χ3v) is 7.81. The van der Waals surface area contributed by atoms with Gasteiger partial charge in [-0.2, -0.15) is 0 Å². The highest BCUT2D eigenvalue weighted by atomic mass is 15.4. The van der Waals surface area contributed by atoms with E-state index in [1.807, 2.05) is 0 Å². The Balaban J connectivity index is 1.43. The Morgan fingerprint density at radius 1 is 0.708 bits per heavy atom. The summed E-state index contributed by atoms with van der Waals surface area (Å²) in [4.78, 5) is 5.23. The van der Waals surface area contributed by atoms with Crippen LogP contribution in [0.2, 0.25) is 0 Å². The first-order valence-electron chi connectivity index (χ1n) is 10.2. The van der Waals surface area contributed by atoms with Crippen LogP contribution in [-0.4, -0.2) is 18.6 Å². The molecule has 0 saturated heterocycles. The van der Waals surface area contributed by atoms with Gasteiger partial charge < -0.3 is 9.80 Å².